The van der Waals surface area contributed by atoms with E-state index in [1.54, 1.807) is 0 Å². The zero-order chi connectivity index (χ0) is 20.4. The molecule has 0 radical (unpaired) electrons. The lowest BCUT2D eigenvalue weighted by Crippen LogP contribution is -2.27. The van der Waals surface area contributed by atoms with Crippen molar-refractivity contribution in [3.8, 4) is 11.8 Å². The monoisotopic (exact) mass is 450 g/mol. The predicted molar refractivity (Wildman–Crippen MR) is 111 cm³/mol. The topological polar surface area (TPSA) is 85.3 Å². The molecule has 0 saturated heterocycles. The molecular weight excluding hydrogens is 432 g/mol. The number of nitrogens with two attached hydrogens (primary N) is 1. The first-order valence-electron chi connectivity index (χ1n) is 9.38. The fourth-order valence-corrected chi connectivity index (χ4v) is 4.16. The number of Topliss-reactive ketones (excluding diaryl/α,β-unsaturated/α-hetero) is 1. The van der Waals surface area contributed by atoms with Crippen LogP contribution in [0.5, 0.6) is 5.75 Å². The molecule has 0 unspecified atom stereocenters. The maximum absolute atomic E-state index is 12.8. The summed E-state index contributed by atoms with van der Waals surface area (Å²) < 4.78 is 12.6. The van der Waals surface area contributed by atoms with Gasteiger partial charge in [-0.15, -0.1) is 0 Å². The van der Waals surface area contributed by atoms with E-state index in [0.29, 0.717) is 36.5 Å². The molecule has 4 rings (SSSR count). The van der Waals surface area contributed by atoms with Gasteiger partial charge in [0.25, 0.3) is 0 Å². The Morgan fingerprint density at radius 3 is 2.76 bits per heavy atom. The third-order valence-corrected chi connectivity index (χ3v) is 5.62. The molecule has 1 heterocycles. The first-order valence-corrected chi connectivity index (χ1v) is 10.2. The molecular formula is C23H19BrN2O3. The summed E-state index contributed by atoms with van der Waals surface area (Å²) in [6.45, 7) is 0.375. The van der Waals surface area contributed by atoms with Crippen LogP contribution >= 0.6 is 15.9 Å². The lowest BCUT2D eigenvalue weighted by Gasteiger charge is -2.31. The average Bonchev–Trinajstić information content (AvgIpc) is 2.73. The van der Waals surface area contributed by atoms with E-state index in [-0.39, 0.29) is 17.2 Å². The molecule has 0 aromatic heterocycles. The highest BCUT2D eigenvalue weighted by Gasteiger charge is 2.39. The number of halogens is 1. The van der Waals surface area contributed by atoms with Crippen molar-refractivity contribution in [3.05, 3.63) is 86.9 Å². The van der Waals surface area contributed by atoms with Gasteiger partial charge < -0.3 is 15.2 Å². The van der Waals surface area contributed by atoms with E-state index < -0.39 is 5.92 Å². The molecule has 0 amide bonds. The van der Waals surface area contributed by atoms with Crippen LogP contribution in [0.15, 0.2) is 75.8 Å². The molecule has 5 nitrogen and oxygen atoms in total. The molecule has 2 N–H and O–H groups in total. The molecule has 29 heavy (non-hydrogen) atoms. The van der Waals surface area contributed by atoms with E-state index in [1.807, 2.05) is 48.5 Å². The van der Waals surface area contributed by atoms with Crippen LogP contribution in [0.3, 0.4) is 0 Å². The lowest BCUT2D eigenvalue weighted by atomic mass is 9.77. The van der Waals surface area contributed by atoms with E-state index in [1.165, 1.54) is 0 Å². The van der Waals surface area contributed by atoms with Crippen molar-refractivity contribution in [2.45, 2.75) is 31.8 Å². The van der Waals surface area contributed by atoms with Crippen LogP contribution in [0.1, 0.15) is 36.3 Å². The minimum Gasteiger partial charge on any atom is -0.489 e. The molecule has 2 aromatic rings. The van der Waals surface area contributed by atoms with Crippen LogP contribution in [0.2, 0.25) is 0 Å². The minimum absolute atomic E-state index is 0.00881. The van der Waals surface area contributed by atoms with Gasteiger partial charge in [-0.25, -0.2) is 0 Å². The Labute approximate surface area is 177 Å². The summed E-state index contributed by atoms with van der Waals surface area (Å²) in [7, 11) is 0. The Bertz CT molecular complexity index is 1070. The fraction of sp³-hybridized carbons (Fsp3) is 0.217. The van der Waals surface area contributed by atoms with Crippen molar-refractivity contribution in [1.82, 2.24) is 0 Å². The number of nitrogens with zero attached hydrogens (tertiary/aromatic N) is 1. The van der Waals surface area contributed by atoms with E-state index >= 15 is 0 Å². The molecule has 1 aliphatic carbocycles. The maximum atomic E-state index is 12.8. The smallest absolute Gasteiger partial charge is 0.205 e. The zero-order valence-corrected chi connectivity index (χ0v) is 17.2. The number of benzene rings is 2. The molecule has 2 aromatic carbocycles. The van der Waals surface area contributed by atoms with Crippen LogP contribution in [-0.4, -0.2) is 5.78 Å². The molecule has 2 aliphatic rings. The lowest BCUT2D eigenvalue weighted by molar-refractivity contribution is -0.116. The van der Waals surface area contributed by atoms with Crippen LogP contribution in [0.4, 0.5) is 0 Å². The normalized spacial score (nSPS) is 18.8. The summed E-state index contributed by atoms with van der Waals surface area (Å²) in [5, 5.41) is 9.78. The highest BCUT2D eigenvalue weighted by Crippen LogP contribution is 2.46. The van der Waals surface area contributed by atoms with Gasteiger partial charge in [-0.3, -0.25) is 4.79 Å². The van der Waals surface area contributed by atoms with Crippen LogP contribution < -0.4 is 10.5 Å². The average molecular weight is 451 g/mol. The summed E-state index contributed by atoms with van der Waals surface area (Å²) in [5.41, 5.74) is 8.56. The van der Waals surface area contributed by atoms with Crippen LogP contribution in [0.25, 0.3) is 0 Å². The van der Waals surface area contributed by atoms with Gasteiger partial charge in [0.1, 0.15) is 29.8 Å². The summed E-state index contributed by atoms with van der Waals surface area (Å²) >= 11 is 3.50. The van der Waals surface area contributed by atoms with Gasteiger partial charge in [-0.05, 0) is 30.2 Å². The molecule has 0 spiro atoms. The number of ether oxygens (including phenoxy) is 2. The number of carbonyl (C=O) groups excluding carboxylic acids is 1. The Morgan fingerprint density at radius 2 is 2.00 bits per heavy atom. The number of ketones is 1. The van der Waals surface area contributed by atoms with Gasteiger partial charge in [-0.1, -0.05) is 46.3 Å². The van der Waals surface area contributed by atoms with E-state index in [0.717, 1.165) is 22.0 Å². The number of rotatable bonds is 4. The van der Waals surface area contributed by atoms with Gasteiger partial charge >= 0.3 is 0 Å². The van der Waals surface area contributed by atoms with Gasteiger partial charge in [0, 0.05) is 28.5 Å². The molecule has 0 saturated carbocycles. The van der Waals surface area contributed by atoms with Crippen molar-refractivity contribution in [2.75, 3.05) is 0 Å². The van der Waals surface area contributed by atoms with E-state index in [2.05, 4.69) is 22.0 Å². The Hall–Kier alpha value is -3.04. The van der Waals surface area contributed by atoms with Gasteiger partial charge in [0.05, 0.1) is 5.92 Å². The van der Waals surface area contributed by atoms with E-state index in [9.17, 15) is 10.1 Å². The van der Waals surface area contributed by atoms with E-state index in [4.69, 9.17) is 15.2 Å². The Morgan fingerprint density at radius 1 is 1.21 bits per heavy atom. The van der Waals surface area contributed by atoms with Crippen molar-refractivity contribution in [1.29, 1.82) is 5.26 Å². The third kappa shape index (κ3) is 3.79. The summed E-state index contributed by atoms with van der Waals surface area (Å²) in [4.78, 5) is 12.8. The maximum Gasteiger partial charge on any atom is 0.205 e. The second kappa shape index (κ2) is 8.14. The number of hydrogen-bond acceptors (Lipinski definition) is 5. The summed E-state index contributed by atoms with van der Waals surface area (Å²) in [6.07, 6.45) is 1.78. The highest BCUT2D eigenvalue weighted by atomic mass is 79.9. The number of allylic oxidation sites excluding steroid dienone is 3. The fourth-order valence-electron chi connectivity index (χ4n) is 3.78. The quantitative estimate of drug-likeness (QED) is 0.719. The van der Waals surface area contributed by atoms with Gasteiger partial charge in [-0.2, -0.15) is 5.26 Å². The van der Waals surface area contributed by atoms with Crippen molar-refractivity contribution >= 4 is 21.7 Å². The summed E-state index contributed by atoms with van der Waals surface area (Å²) in [6, 6.07) is 17.6. The Kier molecular flexibility index (Phi) is 5.41. The third-order valence-electron chi connectivity index (χ3n) is 5.12. The largest absolute Gasteiger partial charge is 0.489 e. The SMILES string of the molecule is N#CC1=C(N)OC2=C(C(=O)CCC2)[C@H]1c1cc(Br)ccc1OCc1ccccc1. The first-order chi connectivity index (χ1) is 14.1. The van der Waals surface area contributed by atoms with Crippen molar-refractivity contribution in [3.63, 3.8) is 0 Å². The molecule has 0 fully saturated rings. The van der Waals surface area contributed by atoms with Crippen LogP contribution in [-0.2, 0) is 16.1 Å². The van der Waals surface area contributed by atoms with Crippen molar-refractivity contribution < 1.29 is 14.3 Å². The van der Waals surface area contributed by atoms with Crippen molar-refractivity contribution in [2.24, 2.45) is 5.73 Å². The molecule has 6 heteroatoms. The summed E-state index contributed by atoms with van der Waals surface area (Å²) in [5.74, 6) is 0.622. The highest BCUT2D eigenvalue weighted by molar-refractivity contribution is 9.10. The molecule has 1 aliphatic heterocycles. The van der Waals surface area contributed by atoms with Gasteiger partial charge in [0.15, 0.2) is 5.78 Å². The second-order valence-electron chi connectivity index (χ2n) is 6.99. The van der Waals surface area contributed by atoms with Gasteiger partial charge in [0.2, 0.25) is 5.88 Å². The molecule has 1 atom stereocenters. The number of hydrogen-bond donors (Lipinski definition) is 1. The standard InChI is InChI=1S/C23H19BrN2O3/c24-15-9-10-19(28-13-14-5-2-1-3-6-14)16(11-15)21-17(12-25)23(26)29-20-8-4-7-18(27)22(20)21/h1-3,5-6,9-11,21H,4,7-8,13,26H2/t21-/m0/s1. The number of nitriles is 1. The van der Waals surface area contributed by atoms with Crippen LogP contribution in [0, 0.1) is 11.3 Å². The zero-order valence-electron chi connectivity index (χ0n) is 15.7. The molecule has 0 bridgehead atoms. The number of carbonyl (C=O) groups is 1. The second-order valence-corrected chi connectivity index (χ2v) is 7.91. The molecule has 146 valence electrons. The predicted octanol–water partition coefficient (Wildman–Crippen LogP) is 4.84. The first kappa shape index (κ1) is 19.3. The minimum atomic E-state index is -0.597. The Balaban J connectivity index is 1.79.